The summed E-state index contributed by atoms with van der Waals surface area (Å²) in [6.45, 7) is 0.362. The van der Waals surface area contributed by atoms with Gasteiger partial charge < -0.3 is 4.74 Å². The molecule has 0 aliphatic heterocycles. The van der Waals surface area contributed by atoms with Crippen LogP contribution in [0.25, 0.3) is 0 Å². The first kappa shape index (κ1) is 12.7. The molecule has 2 aromatic rings. The monoisotopic (exact) mass is 331 g/mol. The highest BCUT2D eigenvalue weighted by Crippen LogP contribution is 2.28. The van der Waals surface area contributed by atoms with Gasteiger partial charge in [-0.3, -0.25) is 4.98 Å². The number of aromatic nitrogens is 1. The molecular weight excluding hydrogens is 325 g/mol. The SMILES string of the molecule is Clc1ccc(OCc2cc(Br)ccn2)c(Cl)c1. The molecule has 0 saturated heterocycles. The Morgan fingerprint density at radius 3 is 2.71 bits per heavy atom. The molecule has 17 heavy (non-hydrogen) atoms. The van der Waals surface area contributed by atoms with E-state index >= 15 is 0 Å². The van der Waals surface area contributed by atoms with E-state index in [0.717, 1.165) is 10.2 Å². The van der Waals surface area contributed by atoms with Crippen molar-refractivity contribution in [2.24, 2.45) is 0 Å². The van der Waals surface area contributed by atoms with Gasteiger partial charge in [0.25, 0.3) is 0 Å². The maximum Gasteiger partial charge on any atom is 0.138 e. The third-order valence-corrected chi connectivity index (χ3v) is 3.07. The second-order valence-corrected chi connectivity index (χ2v) is 5.09. The van der Waals surface area contributed by atoms with E-state index in [4.69, 9.17) is 27.9 Å². The molecule has 1 aromatic carbocycles. The number of benzene rings is 1. The van der Waals surface area contributed by atoms with Crippen LogP contribution in [0.4, 0.5) is 0 Å². The average Bonchev–Trinajstić information content (AvgIpc) is 2.28. The fourth-order valence-electron chi connectivity index (χ4n) is 1.27. The van der Waals surface area contributed by atoms with E-state index in [0.29, 0.717) is 22.4 Å². The van der Waals surface area contributed by atoms with Gasteiger partial charge in [-0.05, 0) is 30.3 Å². The highest BCUT2D eigenvalue weighted by atomic mass is 79.9. The summed E-state index contributed by atoms with van der Waals surface area (Å²) in [7, 11) is 0. The van der Waals surface area contributed by atoms with Gasteiger partial charge in [0.1, 0.15) is 12.4 Å². The lowest BCUT2D eigenvalue weighted by Gasteiger charge is -2.07. The van der Waals surface area contributed by atoms with Crippen molar-refractivity contribution in [1.29, 1.82) is 0 Å². The van der Waals surface area contributed by atoms with Crippen LogP contribution >= 0.6 is 39.1 Å². The first-order valence-corrected chi connectivity index (χ1v) is 6.38. The van der Waals surface area contributed by atoms with E-state index in [1.807, 2.05) is 12.1 Å². The van der Waals surface area contributed by atoms with Gasteiger partial charge in [0.15, 0.2) is 0 Å². The van der Waals surface area contributed by atoms with Crippen molar-refractivity contribution in [3.05, 3.63) is 56.7 Å². The van der Waals surface area contributed by atoms with Crippen molar-refractivity contribution in [2.45, 2.75) is 6.61 Å². The quantitative estimate of drug-likeness (QED) is 0.810. The number of hydrogen-bond donors (Lipinski definition) is 0. The van der Waals surface area contributed by atoms with Crippen LogP contribution in [0.3, 0.4) is 0 Å². The summed E-state index contributed by atoms with van der Waals surface area (Å²) >= 11 is 15.2. The molecule has 1 heterocycles. The molecule has 88 valence electrons. The second-order valence-electron chi connectivity index (χ2n) is 3.33. The van der Waals surface area contributed by atoms with Gasteiger partial charge in [0, 0.05) is 15.7 Å². The zero-order valence-corrected chi connectivity index (χ0v) is 11.8. The van der Waals surface area contributed by atoms with Gasteiger partial charge in [0.05, 0.1) is 10.7 Å². The normalized spacial score (nSPS) is 10.3. The van der Waals surface area contributed by atoms with Gasteiger partial charge >= 0.3 is 0 Å². The van der Waals surface area contributed by atoms with Crippen LogP contribution in [0.1, 0.15) is 5.69 Å². The highest BCUT2D eigenvalue weighted by Gasteiger charge is 2.03. The number of ether oxygens (including phenoxy) is 1. The minimum Gasteiger partial charge on any atom is -0.486 e. The van der Waals surface area contributed by atoms with Crippen LogP contribution in [-0.2, 0) is 6.61 Å². The first-order valence-electron chi connectivity index (χ1n) is 4.83. The van der Waals surface area contributed by atoms with Crippen molar-refractivity contribution < 1.29 is 4.74 Å². The minimum atomic E-state index is 0.362. The maximum absolute atomic E-state index is 5.99. The van der Waals surface area contributed by atoms with E-state index in [-0.39, 0.29) is 0 Å². The second kappa shape index (κ2) is 5.71. The average molecular weight is 333 g/mol. The molecule has 0 aliphatic rings. The van der Waals surface area contributed by atoms with Crippen LogP contribution in [0.2, 0.25) is 10.0 Å². The molecule has 0 bridgehead atoms. The van der Waals surface area contributed by atoms with Gasteiger partial charge in [-0.2, -0.15) is 0 Å². The number of pyridine rings is 1. The van der Waals surface area contributed by atoms with E-state index in [1.54, 1.807) is 24.4 Å². The van der Waals surface area contributed by atoms with Crippen molar-refractivity contribution >= 4 is 39.1 Å². The van der Waals surface area contributed by atoms with E-state index in [2.05, 4.69) is 20.9 Å². The lowest BCUT2D eigenvalue weighted by molar-refractivity contribution is 0.301. The van der Waals surface area contributed by atoms with Gasteiger partial charge in [0.2, 0.25) is 0 Å². The molecule has 0 atom stereocenters. The highest BCUT2D eigenvalue weighted by molar-refractivity contribution is 9.10. The van der Waals surface area contributed by atoms with Crippen LogP contribution in [0.5, 0.6) is 5.75 Å². The fourth-order valence-corrected chi connectivity index (χ4v) is 2.12. The summed E-state index contributed by atoms with van der Waals surface area (Å²) in [4.78, 5) is 4.18. The maximum atomic E-state index is 5.99. The molecule has 2 rings (SSSR count). The molecule has 0 aliphatic carbocycles. The van der Waals surface area contributed by atoms with Crippen molar-refractivity contribution in [3.8, 4) is 5.75 Å². The lowest BCUT2D eigenvalue weighted by Crippen LogP contribution is -1.98. The smallest absolute Gasteiger partial charge is 0.138 e. The van der Waals surface area contributed by atoms with Crippen LogP contribution in [-0.4, -0.2) is 4.98 Å². The molecule has 0 spiro atoms. The Morgan fingerprint density at radius 1 is 1.18 bits per heavy atom. The third-order valence-electron chi connectivity index (χ3n) is 2.05. The minimum absolute atomic E-state index is 0.362. The molecule has 0 amide bonds. The Bertz CT molecular complexity index is 534. The fraction of sp³-hybridized carbons (Fsp3) is 0.0833. The molecule has 0 radical (unpaired) electrons. The van der Waals surface area contributed by atoms with E-state index < -0.39 is 0 Å². The Hall–Kier alpha value is -0.770. The van der Waals surface area contributed by atoms with Crippen LogP contribution < -0.4 is 4.74 Å². The van der Waals surface area contributed by atoms with E-state index in [9.17, 15) is 0 Å². The summed E-state index contributed by atoms with van der Waals surface area (Å²) in [5.74, 6) is 0.595. The standard InChI is InChI=1S/C12H8BrCl2NO/c13-8-3-4-16-10(5-8)7-17-12-2-1-9(14)6-11(12)15/h1-6H,7H2. The third kappa shape index (κ3) is 3.60. The first-order chi connectivity index (χ1) is 8.15. The molecule has 1 aromatic heterocycles. The molecule has 5 heteroatoms. The summed E-state index contributed by atoms with van der Waals surface area (Å²) in [6, 6.07) is 8.87. The number of halogens is 3. The Balaban J connectivity index is 2.07. The molecular formula is C12H8BrCl2NO. The van der Waals surface area contributed by atoms with Gasteiger partial charge in [-0.25, -0.2) is 0 Å². The largest absolute Gasteiger partial charge is 0.486 e. The van der Waals surface area contributed by atoms with Gasteiger partial charge in [-0.1, -0.05) is 39.1 Å². The van der Waals surface area contributed by atoms with Crippen molar-refractivity contribution in [2.75, 3.05) is 0 Å². The summed E-state index contributed by atoms with van der Waals surface area (Å²) in [5.41, 5.74) is 0.824. The summed E-state index contributed by atoms with van der Waals surface area (Å²) < 4.78 is 6.52. The zero-order chi connectivity index (χ0) is 12.3. The molecule has 0 N–H and O–H groups in total. The lowest BCUT2D eigenvalue weighted by atomic mass is 10.3. The molecule has 0 fully saturated rings. The molecule has 0 saturated carbocycles. The van der Waals surface area contributed by atoms with E-state index in [1.165, 1.54) is 0 Å². The summed E-state index contributed by atoms with van der Waals surface area (Å²) in [6.07, 6.45) is 1.71. The summed E-state index contributed by atoms with van der Waals surface area (Å²) in [5, 5.41) is 1.08. The van der Waals surface area contributed by atoms with Crippen molar-refractivity contribution in [1.82, 2.24) is 4.98 Å². The Morgan fingerprint density at radius 2 is 2.00 bits per heavy atom. The number of rotatable bonds is 3. The number of hydrogen-bond acceptors (Lipinski definition) is 2. The van der Waals surface area contributed by atoms with Crippen LogP contribution in [0.15, 0.2) is 41.0 Å². The van der Waals surface area contributed by atoms with Crippen LogP contribution in [0, 0.1) is 0 Å². The molecule has 2 nitrogen and oxygen atoms in total. The topological polar surface area (TPSA) is 22.1 Å². The Kier molecular flexibility index (Phi) is 4.26. The van der Waals surface area contributed by atoms with Gasteiger partial charge in [-0.15, -0.1) is 0 Å². The molecule has 0 unspecified atom stereocenters. The predicted octanol–water partition coefficient (Wildman–Crippen LogP) is 4.73. The van der Waals surface area contributed by atoms with Crippen molar-refractivity contribution in [3.63, 3.8) is 0 Å². The Labute approximate surface area is 118 Å². The zero-order valence-electron chi connectivity index (χ0n) is 8.66. The predicted molar refractivity (Wildman–Crippen MR) is 72.7 cm³/mol. The number of nitrogens with zero attached hydrogens (tertiary/aromatic N) is 1.